The number of aliphatic hydroxyl groups excluding tert-OH is 1. The minimum absolute atomic E-state index is 0.144. The number of aliphatic hydroxyl groups is 1. The number of anilines is 1. The normalized spacial score (nSPS) is 24.2. The van der Waals surface area contributed by atoms with E-state index in [1.807, 2.05) is 35.0 Å². The van der Waals surface area contributed by atoms with Crippen molar-refractivity contribution in [1.82, 2.24) is 19.5 Å². The van der Waals surface area contributed by atoms with Gasteiger partial charge >= 0.3 is 0 Å². The SMILES string of the molecule is OC1CCCCC1N1CCC(Nc2nn3cc(-c4ccc(Cl)cc4)nc3s2)CC1. The molecule has 29 heavy (non-hydrogen) atoms. The van der Waals surface area contributed by atoms with E-state index in [1.165, 1.54) is 12.8 Å². The summed E-state index contributed by atoms with van der Waals surface area (Å²) in [6, 6.07) is 8.50. The number of piperidine rings is 1. The minimum Gasteiger partial charge on any atom is -0.391 e. The molecule has 1 saturated heterocycles. The number of imidazole rings is 1. The third kappa shape index (κ3) is 4.14. The molecule has 1 saturated carbocycles. The van der Waals surface area contributed by atoms with Gasteiger partial charge in [-0.1, -0.05) is 47.9 Å². The molecule has 2 N–H and O–H groups in total. The first-order chi connectivity index (χ1) is 14.2. The predicted octanol–water partition coefficient (Wildman–Crippen LogP) is 4.29. The Kier molecular flexibility index (Phi) is 5.47. The Bertz CT molecular complexity index is 932. The minimum atomic E-state index is -0.144. The summed E-state index contributed by atoms with van der Waals surface area (Å²) in [4.78, 5) is 8.09. The van der Waals surface area contributed by atoms with Crippen molar-refractivity contribution < 1.29 is 5.11 Å². The van der Waals surface area contributed by atoms with Gasteiger partial charge in [-0.3, -0.25) is 4.90 Å². The first-order valence-corrected chi connectivity index (χ1v) is 11.7. The smallest absolute Gasteiger partial charge is 0.214 e. The van der Waals surface area contributed by atoms with E-state index < -0.39 is 0 Å². The van der Waals surface area contributed by atoms with Gasteiger partial charge < -0.3 is 10.4 Å². The van der Waals surface area contributed by atoms with Crippen LogP contribution in [0.1, 0.15) is 38.5 Å². The Morgan fingerprint density at radius 1 is 1.07 bits per heavy atom. The molecule has 1 aromatic carbocycles. The summed E-state index contributed by atoms with van der Waals surface area (Å²) in [6.07, 6.45) is 8.50. The molecule has 154 valence electrons. The Labute approximate surface area is 179 Å². The van der Waals surface area contributed by atoms with Gasteiger partial charge in [0.2, 0.25) is 10.1 Å². The highest BCUT2D eigenvalue weighted by atomic mass is 35.5. The number of likely N-dealkylation sites (tertiary alicyclic amines) is 1. The summed E-state index contributed by atoms with van der Waals surface area (Å²) in [5, 5.41) is 20.2. The van der Waals surface area contributed by atoms with Crippen LogP contribution in [0.2, 0.25) is 5.02 Å². The van der Waals surface area contributed by atoms with E-state index in [2.05, 4.69) is 15.3 Å². The molecule has 0 amide bonds. The predicted molar refractivity (Wildman–Crippen MR) is 118 cm³/mol. The zero-order valence-corrected chi connectivity index (χ0v) is 17.9. The second kappa shape index (κ2) is 8.22. The van der Waals surface area contributed by atoms with Crippen molar-refractivity contribution in [2.45, 2.75) is 56.7 Å². The summed E-state index contributed by atoms with van der Waals surface area (Å²) in [7, 11) is 0. The number of halogens is 1. The van der Waals surface area contributed by atoms with E-state index >= 15 is 0 Å². The maximum Gasteiger partial charge on any atom is 0.214 e. The molecule has 0 radical (unpaired) electrons. The van der Waals surface area contributed by atoms with E-state index in [0.29, 0.717) is 12.1 Å². The lowest BCUT2D eigenvalue weighted by Crippen LogP contribution is -2.50. The van der Waals surface area contributed by atoms with Crippen LogP contribution in [0.15, 0.2) is 30.5 Å². The molecule has 1 aliphatic heterocycles. The van der Waals surface area contributed by atoms with Gasteiger partial charge in [0.1, 0.15) is 0 Å². The molecule has 2 aliphatic rings. The molecule has 3 heterocycles. The van der Waals surface area contributed by atoms with Gasteiger partial charge in [0.05, 0.1) is 18.0 Å². The summed E-state index contributed by atoms with van der Waals surface area (Å²) < 4.78 is 1.85. The number of aromatic nitrogens is 3. The number of benzene rings is 1. The van der Waals surface area contributed by atoms with Crippen molar-refractivity contribution >= 4 is 33.0 Å². The van der Waals surface area contributed by atoms with Crippen molar-refractivity contribution in [3.63, 3.8) is 0 Å². The van der Waals surface area contributed by atoms with E-state index in [-0.39, 0.29) is 6.10 Å². The number of nitrogens with one attached hydrogen (secondary N) is 1. The maximum atomic E-state index is 10.3. The number of fused-ring (bicyclic) bond motifs is 1. The average molecular weight is 432 g/mol. The number of rotatable bonds is 4. The van der Waals surface area contributed by atoms with E-state index in [1.54, 1.807) is 11.3 Å². The van der Waals surface area contributed by atoms with Crippen LogP contribution in [0.25, 0.3) is 16.2 Å². The second-order valence-corrected chi connectivity index (χ2v) is 9.53. The Morgan fingerprint density at radius 2 is 1.83 bits per heavy atom. The standard InChI is InChI=1S/C21H26ClN5OS/c22-15-7-5-14(6-8-15)17-13-27-21(24-17)29-20(25-27)23-16-9-11-26(12-10-16)18-3-1-2-4-19(18)28/h5-8,13,16,18-19,28H,1-4,9-12H2,(H,23,25). The van der Waals surface area contributed by atoms with Gasteiger partial charge in [-0.2, -0.15) is 0 Å². The Hall–Kier alpha value is -1.67. The topological polar surface area (TPSA) is 65.7 Å². The van der Waals surface area contributed by atoms with Crippen molar-refractivity contribution in [2.75, 3.05) is 18.4 Å². The first kappa shape index (κ1) is 19.3. The molecule has 0 bridgehead atoms. The summed E-state index contributed by atoms with van der Waals surface area (Å²) in [5.41, 5.74) is 1.95. The summed E-state index contributed by atoms with van der Waals surface area (Å²) in [5.74, 6) is 0. The van der Waals surface area contributed by atoms with Crippen LogP contribution in [0, 0.1) is 0 Å². The second-order valence-electron chi connectivity index (χ2n) is 8.14. The first-order valence-electron chi connectivity index (χ1n) is 10.5. The Balaban J connectivity index is 1.20. The van der Waals surface area contributed by atoms with Crippen molar-refractivity contribution in [2.24, 2.45) is 0 Å². The summed E-state index contributed by atoms with van der Waals surface area (Å²) >= 11 is 7.56. The quantitative estimate of drug-likeness (QED) is 0.645. The van der Waals surface area contributed by atoms with Gasteiger partial charge in [0, 0.05) is 35.8 Å². The highest BCUT2D eigenvalue weighted by Gasteiger charge is 2.31. The fourth-order valence-electron chi connectivity index (χ4n) is 4.59. The van der Waals surface area contributed by atoms with Crippen molar-refractivity contribution in [1.29, 1.82) is 0 Å². The molecule has 6 nitrogen and oxygen atoms in total. The lowest BCUT2D eigenvalue weighted by atomic mass is 9.89. The van der Waals surface area contributed by atoms with E-state index in [4.69, 9.17) is 16.6 Å². The largest absolute Gasteiger partial charge is 0.391 e. The molecule has 3 aromatic rings. The van der Waals surface area contributed by atoms with Crippen LogP contribution in [-0.4, -0.2) is 55.9 Å². The van der Waals surface area contributed by atoms with Gasteiger partial charge in [-0.15, -0.1) is 5.10 Å². The molecule has 8 heteroatoms. The van der Waals surface area contributed by atoms with Gasteiger partial charge in [0.25, 0.3) is 0 Å². The molecular formula is C21H26ClN5OS. The third-order valence-electron chi connectivity index (χ3n) is 6.20. The van der Waals surface area contributed by atoms with E-state index in [9.17, 15) is 5.11 Å². The van der Waals surface area contributed by atoms with E-state index in [0.717, 1.165) is 65.1 Å². The van der Waals surface area contributed by atoms with Crippen LogP contribution >= 0.6 is 22.9 Å². The Morgan fingerprint density at radius 3 is 2.55 bits per heavy atom. The van der Waals surface area contributed by atoms with Crippen molar-refractivity contribution in [3.8, 4) is 11.3 Å². The van der Waals surface area contributed by atoms with Crippen molar-refractivity contribution in [3.05, 3.63) is 35.5 Å². The van der Waals surface area contributed by atoms with Gasteiger partial charge in [-0.05, 0) is 37.8 Å². The highest BCUT2D eigenvalue weighted by molar-refractivity contribution is 7.20. The maximum absolute atomic E-state index is 10.3. The summed E-state index contributed by atoms with van der Waals surface area (Å²) in [6.45, 7) is 2.09. The number of nitrogens with zero attached hydrogens (tertiary/aromatic N) is 4. The molecule has 2 fully saturated rings. The number of hydrogen-bond acceptors (Lipinski definition) is 6. The molecule has 1 aliphatic carbocycles. The average Bonchev–Trinajstić information content (AvgIpc) is 3.28. The van der Waals surface area contributed by atoms with Crippen LogP contribution in [-0.2, 0) is 0 Å². The lowest BCUT2D eigenvalue weighted by molar-refractivity contribution is 0.00993. The lowest BCUT2D eigenvalue weighted by Gasteiger charge is -2.41. The monoisotopic (exact) mass is 431 g/mol. The van der Waals surface area contributed by atoms with Crippen LogP contribution in [0.3, 0.4) is 0 Å². The molecule has 0 spiro atoms. The van der Waals surface area contributed by atoms with Crippen LogP contribution in [0.4, 0.5) is 5.13 Å². The third-order valence-corrected chi connectivity index (χ3v) is 7.31. The van der Waals surface area contributed by atoms with Crippen LogP contribution < -0.4 is 5.32 Å². The van der Waals surface area contributed by atoms with Crippen LogP contribution in [0.5, 0.6) is 0 Å². The fraction of sp³-hybridized carbons (Fsp3) is 0.524. The fourth-order valence-corrected chi connectivity index (χ4v) is 5.57. The zero-order valence-electron chi connectivity index (χ0n) is 16.3. The molecular weight excluding hydrogens is 406 g/mol. The number of hydrogen-bond donors (Lipinski definition) is 2. The van der Waals surface area contributed by atoms with Gasteiger partial charge in [0.15, 0.2) is 0 Å². The van der Waals surface area contributed by atoms with Gasteiger partial charge in [-0.25, -0.2) is 9.50 Å². The molecule has 2 atom stereocenters. The highest BCUT2D eigenvalue weighted by Crippen LogP contribution is 2.29. The molecule has 2 aromatic heterocycles. The molecule has 5 rings (SSSR count). The zero-order chi connectivity index (χ0) is 19.8. The molecule has 2 unspecified atom stereocenters.